The molecule has 2 aromatic carbocycles. The molecule has 2 rings (SSSR count). The van der Waals surface area contributed by atoms with E-state index >= 15 is 0 Å². The van der Waals surface area contributed by atoms with Gasteiger partial charge in [-0.3, -0.25) is 0 Å². The van der Waals surface area contributed by atoms with Gasteiger partial charge in [-0.2, -0.15) is 0 Å². The van der Waals surface area contributed by atoms with Gasteiger partial charge in [-0.15, -0.1) is 0 Å². The molecule has 0 saturated carbocycles. The number of fused-ring (bicyclic) bond motifs is 1. The largest absolute Gasteiger partial charge is 0.463 e. The van der Waals surface area contributed by atoms with Crippen molar-refractivity contribution >= 4 is 22.1 Å². The van der Waals surface area contributed by atoms with Crippen LogP contribution in [0.15, 0.2) is 42.7 Å². The summed E-state index contributed by atoms with van der Waals surface area (Å²) in [5, 5.41) is 1.99. The second-order valence-corrected chi connectivity index (χ2v) is 3.55. The molecule has 3 nitrogen and oxygen atoms in total. The van der Waals surface area contributed by atoms with E-state index in [4.69, 9.17) is 16.2 Å². The van der Waals surface area contributed by atoms with Gasteiger partial charge in [0.1, 0.15) is 0 Å². The van der Waals surface area contributed by atoms with Gasteiger partial charge < -0.3 is 16.2 Å². The lowest BCUT2D eigenvalue weighted by Crippen LogP contribution is -1.93. The molecule has 3 heteroatoms. The van der Waals surface area contributed by atoms with Crippen LogP contribution in [0.2, 0.25) is 0 Å². The van der Waals surface area contributed by atoms with Crippen LogP contribution in [0.25, 0.3) is 10.8 Å². The minimum Gasteiger partial charge on any atom is -0.463 e. The van der Waals surface area contributed by atoms with Crippen LogP contribution < -0.4 is 16.2 Å². The van der Waals surface area contributed by atoms with E-state index in [0.717, 1.165) is 16.5 Å². The Morgan fingerprint density at radius 3 is 2.69 bits per heavy atom. The monoisotopic (exact) mass is 214 g/mol. The molecule has 4 N–H and O–H groups in total. The molecule has 0 aliphatic carbocycles. The smallest absolute Gasteiger partial charge is 0.157 e. The van der Waals surface area contributed by atoms with Gasteiger partial charge in [-0.05, 0) is 36.6 Å². The zero-order chi connectivity index (χ0) is 11.5. The topological polar surface area (TPSA) is 61.3 Å². The number of benzene rings is 2. The van der Waals surface area contributed by atoms with Crippen LogP contribution >= 0.6 is 0 Å². The Hall–Kier alpha value is -2.16. The number of hydrogen-bond donors (Lipinski definition) is 2. The van der Waals surface area contributed by atoms with E-state index < -0.39 is 0 Å². The number of allylic oxidation sites excluding steroid dienone is 1. The molecule has 0 aromatic heterocycles. The molecule has 0 atom stereocenters. The lowest BCUT2D eigenvalue weighted by molar-refractivity contribution is 0.488. The maximum atomic E-state index is 5.88. The molecule has 0 bridgehead atoms. The van der Waals surface area contributed by atoms with E-state index in [1.165, 1.54) is 0 Å². The highest BCUT2D eigenvalue weighted by Crippen LogP contribution is 2.32. The third-order valence-electron chi connectivity index (χ3n) is 2.35. The summed E-state index contributed by atoms with van der Waals surface area (Å²) in [6.07, 6.45) is 3.43. The zero-order valence-electron chi connectivity index (χ0n) is 9.10. The third-order valence-corrected chi connectivity index (χ3v) is 2.35. The van der Waals surface area contributed by atoms with Crippen molar-refractivity contribution in [2.45, 2.75) is 6.92 Å². The summed E-state index contributed by atoms with van der Waals surface area (Å²) >= 11 is 0. The molecular weight excluding hydrogens is 200 g/mol. The van der Waals surface area contributed by atoms with Crippen molar-refractivity contribution in [2.24, 2.45) is 0 Å². The minimum absolute atomic E-state index is 0.621. The van der Waals surface area contributed by atoms with E-state index in [9.17, 15) is 0 Å². The lowest BCUT2D eigenvalue weighted by atomic mass is 10.1. The number of anilines is 2. The number of ether oxygens (including phenoxy) is 1. The average molecular weight is 214 g/mol. The molecule has 0 fully saturated rings. The predicted octanol–water partition coefficient (Wildman–Crippen LogP) is 2.92. The van der Waals surface area contributed by atoms with Gasteiger partial charge in [-0.1, -0.05) is 12.1 Å². The summed E-state index contributed by atoms with van der Waals surface area (Å²) < 4.78 is 5.49. The molecule has 0 radical (unpaired) electrons. The average Bonchev–Trinajstić information content (AvgIpc) is 2.28. The molecule has 82 valence electrons. The Kier molecular flexibility index (Phi) is 2.68. The molecule has 0 aliphatic heterocycles. The standard InChI is InChI=1S/C13H14N2O/c1-2-7-16-13-11-5-4-10(14)8-9(11)3-6-12(13)15/h2-8H,14-15H2,1H3. The van der Waals surface area contributed by atoms with Crippen molar-refractivity contribution in [3.63, 3.8) is 0 Å². The van der Waals surface area contributed by atoms with Crippen LogP contribution in [0.5, 0.6) is 5.75 Å². The van der Waals surface area contributed by atoms with Crippen molar-refractivity contribution in [1.82, 2.24) is 0 Å². The minimum atomic E-state index is 0.621. The molecule has 0 aliphatic rings. The van der Waals surface area contributed by atoms with Crippen LogP contribution in [-0.4, -0.2) is 0 Å². The Balaban J connectivity index is 2.64. The lowest BCUT2D eigenvalue weighted by Gasteiger charge is -2.09. The molecular formula is C13H14N2O. The predicted molar refractivity (Wildman–Crippen MR) is 68.2 cm³/mol. The van der Waals surface area contributed by atoms with Crippen molar-refractivity contribution in [3.05, 3.63) is 42.7 Å². The van der Waals surface area contributed by atoms with Gasteiger partial charge >= 0.3 is 0 Å². The fraction of sp³-hybridized carbons (Fsp3) is 0.0769. The van der Waals surface area contributed by atoms with Crippen LogP contribution in [0, 0.1) is 0 Å². The SMILES string of the molecule is CC=COc1c(N)ccc2cc(N)ccc12. The number of hydrogen-bond acceptors (Lipinski definition) is 3. The van der Waals surface area contributed by atoms with Crippen LogP contribution in [0.3, 0.4) is 0 Å². The van der Waals surface area contributed by atoms with Gasteiger partial charge in [-0.25, -0.2) is 0 Å². The summed E-state index contributed by atoms with van der Waals surface area (Å²) in [5.41, 5.74) is 13.0. The van der Waals surface area contributed by atoms with Crippen molar-refractivity contribution in [1.29, 1.82) is 0 Å². The summed E-state index contributed by atoms with van der Waals surface area (Å²) in [7, 11) is 0. The highest BCUT2D eigenvalue weighted by molar-refractivity contribution is 5.94. The molecule has 16 heavy (non-hydrogen) atoms. The van der Waals surface area contributed by atoms with Gasteiger partial charge in [0.2, 0.25) is 0 Å². The number of nitrogen functional groups attached to an aromatic ring is 2. The Morgan fingerprint density at radius 1 is 1.12 bits per heavy atom. The summed E-state index contributed by atoms with van der Waals surface area (Å²) in [5.74, 6) is 0.676. The first kappa shape index (κ1) is 10.4. The maximum absolute atomic E-state index is 5.88. The van der Waals surface area contributed by atoms with Crippen LogP contribution in [0.4, 0.5) is 11.4 Å². The summed E-state index contributed by atoms with van der Waals surface area (Å²) in [6, 6.07) is 9.41. The van der Waals surface area contributed by atoms with Crippen LogP contribution in [0.1, 0.15) is 6.92 Å². The first-order valence-corrected chi connectivity index (χ1v) is 5.08. The van der Waals surface area contributed by atoms with Crippen molar-refractivity contribution < 1.29 is 4.74 Å². The molecule has 0 spiro atoms. The van der Waals surface area contributed by atoms with Crippen molar-refractivity contribution in [3.8, 4) is 5.75 Å². The first-order chi connectivity index (χ1) is 7.72. The Morgan fingerprint density at radius 2 is 1.94 bits per heavy atom. The second kappa shape index (κ2) is 4.14. The zero-order valence-corrected chi connectivity index (χ0v) is 9.10. The summed E-state index contributed by atoms with van der Waals surface area (Å²) in [6.45, 7) is 1.89. The quantitative estimate of drug-likeness (QED) is 0.596. The van der Waals surface area contributed by atoms with Crippen LogP contribution in [-0.2, 0) is 0 Å². The normalized spacial score (nSPS) is 11.1. The Labute approximate surface area is 94.3 Å². The highest BCUT2D eigenvalue weighted by Gasteiger charge is 2.05. The van der Waals surface area contributed by atoms with Crippen molar-refractivity contribution in [2.75, 3.05) is 11.5 Å². The van der Waals surface area contributed by atoms with E-state index in [1.54, 1.807) is 6.26 Å². The Bertz CT molecular complexity index is 547. The summed E-state index contributed by atoms with van der Waals surface area (Å²) in [4.78, 5) is 0. The van der Waals surface area contributed by atoms with E-state index in [-0.39, 0.29) is 0 Å². The van der Waals surface area contributed by atoms with Gasteiger partial charge in [0.25, 0.3) is 0 Å². The fourth-order valence-electron chi connectivity index (χ4n) is 1.60. The van der Waals surface area contributed by atoms with E-state index in [2.05, 4.69) is 0 Å². The molecule has 0 saturated heterocycles. The second-order valence-electron chi connectivity index (χ2n) is 3.55. The van der Waals surface area contributed by atoms with E-state index in [1.807, 2.05) is 43.3 Å². The fourth-order valence-corrected chi connectivity index (χ4v) is 1.60. The molecule has 0 amide bonds. The van der Waals surface area contributed by atoms with Gasteiger partial charge in [0, 0.05) is 11.1 Å². The number of rotatable bonds is 2. The third kappa shape index (κ3) is 1.80. The first-order valence-electron chi connectivity index (χ1n) is 5.08. The molecule has 0 heterocycles. The van der Waals surface area contributed by atoms with Gasteiger partial charge in [0.15, 0.2) is 5.75 Å². The van der Waals surface area contributed by atoms with E-state index in [0.29, 0.717) is 11.4 Å². The molecule has 2 aromatic rings. The highest BCUT2D eigenvalue weighted by atomic mass is 16.5. The molecule has 0 unspecified atom stereocenters. The van der Waals surface area contributed by atoms with Gasteiger partial charge in [0.05, 0.1) is 11.9 Å². The number of nitrogens with two attached hydrogens (primary N) is 2. The maximum Gasteiger partial charge on any atom is 0.157 e.